The largest absolute Gasteiger partial charge is 0.480 e. The van der Waals surface area contributed by atoms with Gasteiger partial charge in [-0.15, -0.1) is 0 Å². The molecule has 0 aliphatic rings. The van der Waals surface area contributed by atoms with Gasteiger partial charge in [0.1, 0.15) is 48.3 Å². The molecule has 408 valence electrons. The number of primary amides is 4. The predicted octanol–water partition coefficient (Wildman–Crippen LogP) is -7.67. The van der Waals surface area contributed by atoms with Crippen molar-refractivity contribution < 1.29 is 77.6 Å². The van der Waals surface area contributed by atoms with Crippen molar-refractivity contribution in [2.75, 3.05) is 13.2 Å². The number of fused-ring (bicyclic) bond motifs is 1. The number of hydrogen-bond acceptors (Lipinski definition) is 16. The lowest BCUT2D eigenvalue weighted by Gasteiger charge is -2.26. The van der Waals surface area contributed by atoms with Gasteiger partial charge in [-0.1, -0.05) is 32.0 Å². The van der Waals surface area contributed by atoms with Crippen molar-refractivity contribution in [3.05, 3.63) is 36.0 Å². The van der Waals surface area contributed by atoms with Gasteiger partial charge in [-0.25, -0.2) is 4.79 Å². The van der Waals surface area contributed by atoms with E-state index in [0.717, 1.165) is 6.92 Å². The minimum atomic E-state index is -1.99. The first-order chi connectivity index (χ1) is 34.7. The highest BCUT2D eigenvalue weighted by molar-refractivity contribution is 6.00. The van der Waals surface area contributed by atoms with Gasteiger partial charge in [0.15, 0.2) is 0 Å². The van der Waals surface area contributed by atoms with Crippen LogP contribution in [0, 0.1) is 5.92 Å². The number of aliphatic carboxylic acids is 1. The number of aliphatic hydroxyl groups excluding tert-OH is 2. The Hall–Kier alpha value is -8.25. The van der Waals surface area contributed by atoms with E-state index >= 15 is 0 Å². The third-order valence-electron chi connectivity index (χ3n) is 10.9. The van der Waals surface area contributed by atoms with Crippen molar-refractivity contribution in [1.29, 1.82) is 0 Å². The van der Waals surface area contributed by atoms with E-state index in [4.69, 9.17) is 28.7 Å². The second kappa shape index (κ2) is 29.9. The van der Waals surface area contributed by atoms with Crippen LogP contribution in [-0.2, 0) is 68.7 Å². The first kappa shape index (κ1) is 61.9. The molecule has 1 heterocycles. The number of nitrogens with two attached hydrogens (primary N) is 5. The van der Waals surface area contributed by atoms with Gasteiger partial charge in [-0.05, 0) is 43.7 Å². The second-order valence-corrected chi connectivity index (χ2v) is 17.5. The molecule has 0 radical (unpaired) electrons. The number of hydrogen-bond donors (Lipinski definition) is 17. The van der Waals surface area contributed by atoms with Crippen LogP contribution in [0.2, 0.25) is 0 Å². The Morgan fingerprint density at radius 1 is 0.514 bits per heavy atom. The molecule has 0 saturated heterocycles. The normalized spacial score (nSPS) is 14.7. The Balaban J connectivity index is 2.24. The third kappa shape index (κ3) is 20.8. The number of H-pyrrole nitrogens is 1. The summed E-state index contributed by atoms with van der Waals surface area (Å²) < 4.78 is 0. The highest BCUT2D eigenvalue weighted by atomic mass is 16.4. The summed E-state index contributed by atoms with van der Waals surface area (Å²) in [4.78, 5) is 169. The number of aliphatic hydroxyl groups is 2. The summed E-state index contributed by atoms with van der Waals surface area (Å²) in [5, 5.41) is 48.1. The van der Waals surface area contributed by atoms with Gasteiger partial charge in [-0.3, -0.25) is 57.5 Å². The molecule has 0 bridgehead atoms. The van der Waals surface area contributed by atoms with Crippen molar-refractivity contribution >= 4 is 87.8 Å². The van der Waals surface area contributed by atoms with Gasteiger partial charge in [-0.2, -0.15) is 0 Å². The number of nitrogens with one attached hydrogen (secondary N) is 9. The quantitative estimate of drug-likeness (QED) is 0.0316. The van der Waals surface area contributed by atoms with E-state index in [9.17, 15) is 77.6 Å². The maximum absolute atomic E-state index is 13.9. The Labute approximate surface area is 422 Å². The van der Waals surface area contributed by atoms with Crippen LogP contribution in [0.5, 0.6) is 0 Å². The van der Waals surface area contributed by atoms with Crippen molar-refractivity contribution in [2.24, 2.45) is 34.6 Å². The van der Waals surface area contributed by atoms with Crippen molar-refractivity contribution in [3.63, 3.8) is 0 Å². The van der Waals surface area contributed by atoms with Crippen LogP contribution in [0.1, 0.15) is 71.3 Å². The molecule has 0 aliphatic heterocycles. The summed E-state index contributed by atoms with van der Waals surface area (Å²) in [6, 6.07) is -8.08. The number of aromatic nitrogens is 1. The van der Waals surface area contributed by atoms with Crippen molar-refractivity contribution in [1.82, 2.24) is 47.5 Å². The predicted molar refractivity (Wildman–Crippen MR) is 257 cm³/mol. The average Bonchev–Trinajstić information content (AvgIpc) is 3.73. The highest BCUT2D eigenvalue weighted by Crippen LogP contribution is 2.19. The molecule has 0 aliphatic carbocycles. The molecule has 0 fully saturated rings. The lowest BCUT2D eigenvalue weighted by Crippen LogP contribution is -2.61. The number of amides is 12. The van der Waals surface area contributed by atoms with Crippen molar-refractivity contribution in [2.45, 2.75) is 127 Å². The van der Waals surface area contributed by atoms with Crippen LogP contribution in [0.25, 0.3) is 10.9 Å². The minimum Gasteiger partial charge on any atom is -0.480 e. The molecule has 2 rings (SSSR count). The molecule has 30 heteroatoms. The zero-order valence-electron chi connectivity index (χ0n) is 40.8. The second-order valence-electron chi connectivity index (χ2n) is 17.5. The summed E-state index contributed by atoms with van der Waals surface area (Å²) in [6.45, 7) is 2.11. The van der Waals surface area contributed by atoms with Crippen LogP contribution in [0.3, 0.4) is 0 Å². The standard InChI is InChI=1S/C44H66N14O16/c1-19(2)12-29(44(73)74)56-38(67)25(9-11-33(47)62)52-36(65)20(3)51-39(68)27(14-34(48)63)55-42(71)30(17-59)58-43(72)31(18-60)57-41(70)28(15-35(49)64)54-40(69)26(53-37(66)23(45)8-10-32(46)61)13-21-16-50-24-7-5-4-6-22(21)24/h4-7,16,19-20,23,25-31,50,59-60H,8-15,17-18,45H2,1-3H3,(H2,46,61)(H2,47,62)(H2,48,63)(H2,49,64)(H,51,68)(H,52,65)(H,53,66)(H,54,69)(H,55,71)(H,56,67)(H,57,70)(H,58,72)(H,73,74)/t20-,23-,25-,26-,27-,28-,29-,30-,31-/m0/s1. The number of carboxylic acids is 1. The number of benzene rings is 1. The van der Waals surface area contributed by atoms with Gasteiger partial charge >= 0.3 is 5.97 Å². The van der Waals surface area contributed by atoms with Crippen LogP contribution < -0.4 is 71.2 Å². The highest BCUT2D eigenvalue weighted by Gasteiger charge is 2.35. The molecule has 30 nitrogen and oxygen atoms in total. The first-order valence-electron chi connectivity index (χ1n) is 23.0. The number of carbonyl (C=O) groups excluding carboxylic acids is 12. The van der Waals surface area contributed by atoms with E-state index in [0.29, 0.717) is 16.5 Å². The van der Waals surface area contributed by atoms with Gasteiger partial charge in [0, 0.05) is 36.4 Å². The number of rotatable bonds is 33. The van der Waals surface area contributed by atoms with E-state index in [1.54, 1.807) is 44.3 Å². The lowest BCUT2D eigenvalue weighted by atomic mass is 10.0. The van der Waals surface area contributed by atoms with E-state index in [1.165, 1.54) is 0 Å². The number of carbonyl (C=O) groups is 13. The molecule has 1 aromatic heterocycles. The van der Waals surface area contributed by atoms with Crippen molar-refractivity contribution in [3.8, 4) is 0 Å². The van der Waals surface area contributed by atoms with E-state index in [1.807, 2.05) is 5.32 Å². The maximum Gasteiger partial charge on any atom is 0.326 e. The van der Waals surface area contributed by atoms with E-state index in [2.05, 4.69) is 42.2 Å². The zero-order chi connectivity index (χ0) is 56.0. The molecular weight excluding hydrogens is 981 g/mol. The summed E-state index contributed by atoms with van der Waals surface area (Å²) in [5.74, 6) is -14.7. The Kier molecular flexibility index (Phi) is 25.0. The molecule has 0 spiro atoms. The number of aromatic amines is 1. The van der Waals surface area contributed by atoms with Crippen LogP contribution in [0.4, 0.5) is 0 Å². The topological polar surface area (TPSA) is 525 Å². The maximum atomic E-state index is 13.9. The fourth-order valence-electron chi connectivity index (χ4n) is 6.93. The molecule has 9 atom stereocenters. The summed E-state index contributed by atoms with van der Waals surface area (Å²) in [6.07, 6.45) is -1.72. The fraction of sp³-hybridized carbons (Fsp3) is 0.523. The molecule has 0 saturated carbocycles. The first-order valence-corrected chi connectivity index (χ1v) is 23.0. The Bertz CT molecular complexity index is 2400. The monoisotopic (exact) mass is 1050 g/mol. The fourth-order valence-corrected chi connectivity index (χ4v) is 6.93. The zero-order valence-corrected chi connectivity index (χ0v) is 40.8. The third-order valence-corrected chi connectivity index (χ3v) is 10.9. The molecular formula is C44H66N14O16. The van der Waals surface area contributed by atoms with Gasteiger partial charge in [0.2, 0.25) is 70.9 Å². The molecule has 12 amide bonds. The Morgan fingerprint density at radius 2 is 0.932 bits per heavy atom. The molecule has 0 unspecified atom stereocenters. The van der Waals surface area contributed by atoms with E-state index in [-0.39, 0.29) is 38.0 Å². The number of para-hydroxylation sites is 1. The molecule has 22 N–H and O–H groups in total. The van der Waals surface area contributed by atoms with Crippen LogP contribution >= 0.6 is 0 Å². The lowest BCUT2D eigenvalue weighted by molar-refractivity contribution is -0.143. The summed E-state index contributed by atoms with van der Waals surface area (Å²) in [5.41, 5.74) is 28.2. The average molecular weight is 1050 g/mol. The van der Waals surface area contributed by atoms with Gasteiger partial charge < -0.3 is 91.5 Å². The van der Waals surface area contributed by atoms with E-state index < -0.39 is 164 Å². The summed E-state index contributed by atoms with van der Waals surface area (Å²) in [7, 11) is 0. The van der Waals surface area contributed by atoms with Gasteiger partial charge in [0.05, 0.1) is 32.1 Å². The SMILES string of the molecule is CC(C)C[C@H](NC(=O)[C@H](CCC(N)=O)NC(=O)[C@H](C)NC(=O)[C@H](CC(N)=O)NC(=O)[C@H](CO)NC(=O)[C@H](CO)NC(=O)[C@H](CC(N)=O)NC(=O)[C@H](Cc1c[nH]c2ccccc12)NC(=O)[C@@H](N)CCC(N)=O)C(=O)O. The Morgan fingerprint density at radius 3 is 1.42 bits per heavy atom. The van der Waals surface area contributed by atoms with Crippen LogP contribution in [-0.4, -0.2) is 165 Å². The smallest absolute Gasteiger partial charge is 0.326 e. The minimum absolute atomic E-state index is 0.0103. The molecule has 74 heavy (non-hydrogen) atoms. The number of carboxylic acid groups (broad SMARTS) is 1. The molecule has 1 aromatic carbocycles. The summed E-state index contributed by atoms with van der Waals surface area (Å²) >= 11 is 0. The van der Waals surface area contributed by atoms with Crippen LogP contribution in [0.15, 0.2) is 30.5 Å². The molecule has 2 aromatic rings. The van der Waals surface area contributed by atoms with Gasteiger partial charge in [0.25, 0.3) is 0 Å².